The second-order valence-corrected chi connectivity index (χ2v) is 9.43. The van der Waals surface area contributed by atoms with Gasteiger partial charge in [0, 0.05) is 12.7 Å². The maximum atomic E-state index is 13.7. The van der Waals surface area contributed by atoms with Crippen LogP contribution in [0.5, 0.6) is 5.75 Å². The molecule has 7 heteroatoms. The van der Waals surface area contributed by atoms with E-state index in [0.717, 1.165) is 5.56 Å². The Bertz CT molecular complexity index is 1460. The molecule has 0 fully saturated rings. The Kier molecular flexibility index (Phi) is 5.84. The fraction of sp³-hybridized carbons (Fsp3) is 0.160. The van der Waals surface area contributed by atoms with Gasteiger partial charge in [0.25, 0.3) is 0 Å². The van der Waals surface area contributed by atoms with E-state index in [1.807, 2.05) is 13.8 Å². The molecule has 0 amide bonds. The standard InChI is InChI=1S/C25H22FNO4S/c1-3-31-20-9-12-23-22(14-20)25(28)24(32(29,30)21-10-7-17(2)8-11-21)16-27(23)15-18-5-4-6-19(26)13-18/h4-14,16H,3,15H2,1-2H3. The Morgan fingerprint density at radius 2 is 1.75 bits per heavy atom. The lowest BCUT2D eigenvalue weighted by atomic mass is 10.1. The van der Waals surface area contributed by atoms with E-state index in [-0.39, 0.29) is 27.5 Å². The zero-order chi connectivity index (χ0) is 22.9. The number of fused-ring (bicyclic) bond motifs is 1. The van der Waals surface area contributed by atoms with Crippen molar-refractivity contribution in [2.24, 2.45) is 0 Å². The van der Waals surface area contributed by atoms with Gasteiger partial charge in [-0.05, 0) is 61.9 Å². The van der Waals surface area contributed by atoms with E-state index in [2.05, 4.69) is 0 Å². The maximum Gasteiger partial charge on any atom is 0.211 e. The molecule has 4 rings (SSSR count). The van der Waals surface area contributed by atoms with Crippen molar-refractivity contribution in [3.63, 3.8) is 0 Å². The van der Waals surface area contributed by atoms with Crippen molar-refractivity contribution in [1.82, 2.24) is 4.57 Å². The van der Waals surface area contributed by atoms with Gasteiger partial charge in [0.2, 0.25) is 15.3 Å². The minimum Gasteiger partial charge on any atom is -0.494 e. The number of ether oxygens (including phenoxy) is 1. The van der Waals surface area contributed by atoms with Crippen LogP contribution in [0.3, 0.4) is 0 Å². The smallest absolute Gasteiger partial charge is 0.211 e. The first-order chi connectivity index (χ1) is 15.3. The van der Waals surface area contributed by atoms with Crippen LogP contribution in [0.1, 0.15) is 18.1 Å². The Morgan fingerprint density at radius 3 is 2.44 bits per heavy atom. The number of halogens is 1. The van der Waals surface area contributed by atoms with E-state index in [4.69, 9.17) is 4.74 Å². The number of pyridine rings is 1. The fourth-order valence-corrected chi connectivity index (χ4v) is 4.97. The van der Waals surface area contributed by atoms with E-state index in [1.165, 1.54) is 30.5 Å². The van der Waals surface area contributed by atoms with Gasteiger partial charge in [-0.25, -0.2) is 12.8 Å². The van der Waals surface area contributed by atoms with Crippen molar-refractivity contribution in [2.75, 3.05) is 6.61 Å². The van der Waals surface area contributed by atoms with Crippen molar-refractivity contribution in [2.45, 2.75) is 30.2 Å². The number of benzene rings is 3. The highest BCUT2D eigenvalue weighted by atomic mass is 32.2. The molecule has 0 unspecified atom stereocenters. The molecule has 0 N–H and O–H groups in total. The summed E-state index contributed by atoms with van der Waals surface area (Å²) in [4.78, 5) is 13.0. The van der Waals surface area contributed by atoms with Gasteiger partial charge in [0.05, 0.1) is 22.4 Å². The molecule has 1 heterocycles. The topological polar surface area (TPSA) is 65.4 Å². The third-order valence-corrected chi connectivity index (χ3v) is 6.96. The molecule has 0 saturated carbocycles. The molecule has 1 aromatic heterocycles. The Labute approximate surface area is 185 Å². The number of hydrogen-bond donors (Lipinski definition) is 0. The third-order valence-electron chi connectivity index (χ3n) is 5.19. The highest BCUT2D eigenvalue weighted by Gasteiger charge is 2.24. The predicted octanol–water partition coefficient (Wildman–Crippen LogP) is 4.73. The van der Waals surface area contributed by atoms with E-state index >= 15 is 0 Å². The summed E-state index contributed by atoms with van der Waals surface area (Å²) in [6.45, 7) is 4.28. The molecular weight excluding hydrogens is 429 g/mol. The molecule has 3 aromatic carbocycles. The molecule has 0 aliphatic rings. The fourth-order valence-electron chi connectivity index (χ4n) is 3.61. The number of hydrogen-bond acceptors (Lipinski definition) is 4. The van der Waals surface area contributed by atoms with Gasteiger partial charge in [0.15, 0.2) is 0 Å². The molecule has 5 nitrogen and oxygen atoms in total. The first-order valence-electron chi connectivity index (χ1n) is 10.2. The van der Waals surface area contributed by atoms with Crippen LogP contribution in [0.2, 0.25) is 0 Å². The number of sulfone groups is 1. The predicted molar refractivity (Wildman–Crippen MR) is 122 cm³/mol. The Hall–Kier alpha value is -3.45. The molecule has 164 valence electrons. The quantitative estimate of drug-likeness (QED) is 0.425. The highest BCUT2D eigenvalue weighted by molar-refractivity contribution is 7.91. The minimum absolute atomic E-state index is 0.0396. The highest BCUT2D eigenvalue weighted by Crippen LogP contribution is 2.25. The monoisotopic (exact) mass is 451 g/mol. The lowest BCUT2D eigenvalue weighted by Gasteiger charge is -2.15. The Morgan fingerprint density at radius 1 is 1.00 bits per heavy atom. The number of aromatic nitrogens is 1. The maximum absolute atomic E-state index is 13.7. The Balaban J connectivity index is 1.97. The number of aryl methyl sites for hydroxylation is 1. The molecule has 32 heavy (non-hydrogen) atoms. The van der Waals surface area contributed by atoms with E-state index in [1.54, 1.807) is 47.0 Å². The summed E-state index contributed by atoms with van der Waals surface area (Å²) in [5.41, 5.74) is 1.48. The summed E-state index contributed by atoms with van der Waals surface area (Å²) >= 11 is 0. The van der Waals surface area contributed by atoms with Crippen LogP contribution < -0.4 is 10.2 Å². The molecule has 0 radical (unpaired) electrons. The van der Waals surface area contributed by atoms with Crippen LogP contribution in [0.4, 0.5) is 4.39 Å². The van der Waals surface area contributed by atoms with Gasteiger partial charge in [-0.15, -0.1) is 0 Å². The zero-order valence-corrected chi connectivity index (χ0v) is 18.5. The first-order valence-corrected chi connectivity index (χ1v) is 11.6. The summed E-state index contributed by atoms with van der Waals surface area (Å²) in [6.07, 6.45) is 1.34. The molecule has 4 aromatic rings. The second-order valence-electron chi connectivity index (χ2n) is 7.51. The molecule has 0 aliphatic heterocycles. The van der Waals surface area contributed by atoms with Crippen LogP contribution in [0.15, 0.2) is 87.5 Å². The molecule has 0 bridgehead atoms. The van der Waals surface area contributed by atoms with Gasteiger partial charge in [-0.3, -0.25) is 4.79 Å². The summed E-state index contributed by atoms with van der Waals surface area (Å²) in [5, 5.41) is 0.223. The lowest BCUT2D eigenvalue weighted by Crippen LogP contribution is -2.20. The summed E-state index contributed by atoms with van der Waals surface area (Å²) in [5.74, 6) is 0.0817. The van der Waals surface area contributed by atoms with Crippen LogP contribution >= 0.6 is 0 Å². The number of nitrogens with zero attached hydrogens (tertiary/aromatic N) is 1. The van der Waals surface area contributed by atoms with Gasteiger partial charge < -0.3 is 9.30 Å². The largest absolute Gasteiger partial charge is 0.494 e. The average molecular weight is 452 g/mol. The normalized spacial score (nSPS) is 11.6. The molecule has 0 spiro atoms. The molecular formula is C25H22FNO4S. The third kappa shape index (κ3) is 4.16. The molecule has 0 aliphatic carbocycles. The van der Waals surface area contributed by atoms with E-state index in [0.29, 0.717) is 23.4 Å². The zero-order valence-electron chi connectivity index (χ0n) is 17.7. The van der Waals surface area contributed by atoms with Gasteiger partial charge in [-0.1, -0.05) is 29.8 Å². The SMILES string of the molecule is CCOc1ccc2c(c1)c(=O)c(S(=O)(=O)c1ccc(C)cc1)cn2Cc1cccc(F)c1. The number of rotatable bonds is 6. The minimum atomic E-state index is -4.07. The van der Waals surface area contributed by atoms with Gasteiger partial charge in [-0.2, -0.15) is 0 Å². The summed E-state index contributed by atoms with van der Waals surface area (Å²) < 4.78 is 47.7. The van der Waals surface area contributed by atoms with Crippen LogP contribution in [-0.4, -0.2) is 19.6 Å². The van der Waals surface area contributed by atoms with Crippen molar-refractivity contribution in [3.8, 4) is 5.75 Å². The van der Waals surface area contributed by atoms with Crippen molar-refractivity contribution in [1.29, 1.82) is 0 Å². The summed E-state index contributed by atoms with van der Waals surface area (Å²) in [7, 11) is -4.07. The van der Waals surface area contributed by atoms with Crippen LogP contribution in [-0.2, 0) is 16.4 Å². The van der Waals surface area contributed by atoms with E-state index < -0.39 is 15.3 Å². The van der Waals surface area contributed by atoms with Crippen molar-refractivity contribution >= 4 is 20.7 Å². The van der Waals surface area contributed by atoms with Crippen LogP contribution in [0, 0.1) is 12.7 Å². The van der Waals surface area contributed by atoms with Gasteiger partial charge in [0.1, 0.15) is 16.5 Å². The summed E-state index contributed by atoms with van der Waals surface area (Å²) in [6, 6.07) is 17.4. The van der Waals surface area contributed by atoms with Crippen LogP contribution in [0.25, 0.3) is 10.9 Å². The first kappa shape index (κ1) is 21.8. The van der Waals surface area contributed by atoms with Crippen molar-refractivity contribution in [3.05, 3.63) is 100 Å². The van der Waals surface area contributed by atoms with Crippen molar-refractivity contribution < 1.29 is 17.5 Å². The van der Waals surface area contributed by atoms with E-state index in [9.17, 15) is 17.6 Å². The average Bonchev–Trinajstić information content (AvgIpc) is 2.76. The molecule has 0 saturated heterocycles. The molecule has 0 atom stereocenters. The second kappa shape index (κ2) is 8.59. The van der Waals surface area contributed by atoms with Gasteiger partial charge >= 0.3 is 0 Å². The lowest BCUT2D eigenvalue weighted by molar-refractivity contribution is 0.340.